The van der Waals surface area contributed by atoms with E-state index in [0.29, 0.717) is 12.1 Å². The zero-order valence-corrected chi connectivity index (χ0v) is 10.4. The number of halogens is 3. The van der Waals surface area contributed by atoms with Crippen LogP contribution in [0.4, 0.5) is 24.5 Å². The summed E-state index contributed by atoms with van der Waals surface area (Å²) in [4.78, 5) is 10.0. The Bertz CT molecular complexity index is 524. The van der Waals surface area contributed by atoms with Crippen molar-refractivity contribution in [3.63, 3.8) is 0 Å². The number of nitriles is 1. The maximum absolute atomic E-state index is 11.9. The fourth-order valence-electron chi connectivity index (χ4n) is 1.57. The maximum Gasteiger partial charge on any atom is 0.389 e. The first kappa shape index (κ1) is 15.8. The third kappa shape index (κ3) is 5.14. The van der Waals surface area contributed by atoms with Crippen molar-refractivity contribution in [1.82, 2.24) is 0 Å². The molecule has 0 saturated heterocycles. The Balaban J connectivity index is 2.51. The van der Waals surface area contributed by atoms with Gasteiger partial charge >= 0.3 is 6.18 Å². The molecule has 1 rings (SSSR count). The molecule has 0 bridgehead atoms. The summed E-state index contributed by atoms with van der Waals surface area (Å²) in [6, 6.07) is 5.68. The van der Waals surface area contributed by atoms with E-state index < -0.39 is 17.5 Å². The second-order valence-electron chi connectivity index (χ2n) is 4.10. The standard InChI is InChI=1S/C12H12F3N3O2/c13-12(14,15)5-1-2-6-17-10-4-3-9(8-16)11(7-10)18(19)20/h3-4,7,17H,1-2,5-6H2. The van der Waals surface area contributed by atoms with Crippen molar-refractivity contribution in [1.29, 1.82) is 5.26 Å². The third-order valence-corrected chi connectivity index (χ3v) is 2.53. The van der Waals surface area contributed by atoms with Crippen LogP contribution in [0.1, 0.15) is 24.8 Å². The molecule has 0 aliphatic rings. The van der Waals surface area contributed by atoms with Gasteiger partial charge < -0.3 is 5.32 Å². The molecule has 0 aliphatic heterocycles. The van der Waals surface area contributed by atoms with Crippen LogP contribution in [0, 0.1) is 21.4 Å². The number of nitro benzene ring substituents is 1. The van der Waals surface area contributed by atoms with Gasteiger partial charge in [-0.05, 0) is 25.0 Å². The van der Waals surface area contributed by atoms with Crippen LogP contribution in [0.5, 0.6) is 0 Å². The van der Waals surface area contributed by atoms with Gasteiger partial charge in [-0.25, -0.2) is 0 Å². The summed E-state index contributed by atoms with van der Waals surface area (Å²) in [5.41, 5.74) is 0.0214. The summed E-state index contributed by atoms with van der Waals surface area (Å²) in [6.07, 6.45) is -4.71. The van der Waals surface area contributed by atoms with Gasteiger partial charge in [0.1, 0.15) is 11.6 Å². The van der Waals surface area contributed by atoms with Gasteiger partial charge in [0, 0.05) is 24.7 Å². The molecule has 1 N–H and O–H groups in total. The summed E-state index contributed by atoms with van der Waals surface area (Å²) < 4.78 is 35.7. The third-order valence-electron chi connectivity index (χ3n) is 2.53. The lowest BCUT2D eigenvalue weighted by Gasteiger charge is -2.08. The summed E-state index contributed by atoms with van der Waals surface area (Å²) in [7, 11) is 0. The molecule has 0 unspecified atom stereocenters. The quantitative estimate of drug-likeness (QED) is 0.492. The average molecular weight is 287 g/mol. The number of nitrogens with zero attached hydrogens (tertiary/aromatic N) is 2. The van der Waals surface area contributed by atoms with Gasteiger partial charge in [0.25, 0.3) is 5.69 Å². The number of hydrogen-bond donors (Lipinski definition) is 1. The number of hydrogen-bond acceptors (Lipinski definition) is 4. The predicted octanol–water partition coefficient (Wildman–Crippen LogP) is 3.61. The van der Waals surface area contributed by atoms with Crippen LogP contribution in [0.3, 0.4) is 0 Å². The predicted molar refractivity (Wildman–Crippen MR) is 66.2 cm³/mol. The number of nitro groups is 1. The number of unbranched alkanes of at least 4 members (excludes halogenated alkanes) is 1. The highest BCUT2D eigenvalue weighted by atomic mass is 19.4. The van der Waals surface area contributed by atoms with Crippen molar-refractivity contribution in [3.8, 4) is 6.07 Å². The van der Waals surface area contributed by atoms with Crippen LogP contribution in [0.25, 0.3) is 0 Å². The van der Waals surface area contributed by atoms with E-state index >= 15 is 0 Å². The average Bonchev–Trinajstić information content (AvgIpc) is 2.36. The van der Waals surface area contributed by atoms with Crippen molar-refractivity contribution >= 4 is 11.4 Å². The van der Waals surface area contributed by atoms with E-state index in [0.717, 1.165) is 0 Å². The molecule has 1 aromatic rings. The minimum absolute atomic E-state index is 0.00509. The lowest BCUT2D eigenvalue weighted by Crippen LogP contribution is -2.08. The van der Waals surface area contributed by atoms with E-state index in [1.54, 1.807) is 6.07 Å². The van der Waals surface area contributed by atoms with Gasteiger partial charge in [-0.15, -0.1) is 0 Å². The largest absolute Gasteiger partial charge is 0.389 e. The molecule has 1 aromatic carbocycles. The van der Waals surface area contributed by atoms with Crippen LogP contribution in [-0.2, 0) is 0 Å². The van der Waals surface area contributed by atoms with Gasteiger partial charge in [0.05, 0.1) is 4.92 Å². The number of alkyl halides is 3. The van der Waals surface area contributed by atoms with Crippen molar-refractivity contribution in [2.75, 3.05) is 11.9 Å². The molecule has 0 radical (unpaired) electrons. The second-order valence-corrected chi connectivity index (χ2v) is 4.10. The summed E-state index contributed by atoms with van der Waals surface area (Å²) in [5, 5.41) is 22.2. The van der Waals surface area contributed by atoms with Crippen LogP contribution in [0.15, 0.2) is 18.2 Å². The molecule has 0 aliphatic carbocycles. The van der Waals surface area contributed by atoms with Crippen LogP contribution < -0.4 is 5.32 Å². The van der Waals surface area contributed by atoms with Crippen molar-refractivity contribution in [2.24, 2.45) is 0 Å². The highest BCUT2D eigenvalue weighted by molar-refractivity contribution is 5.59. The van der Waals surface area contributed by atoms with E-state index in [1.165, 1.54) is 18.2 Å². The Kier molecular flexibility index (Phi) is 5.32. The van der Waals surface area contributed by atoms with Crippen molar-refractivity contribution < 1.29 is 18.1 Å². The summed E-state index contributed by atoms with van der Waals surface area (Å²) in [6.45, 7) is 0.277. The molecule has 20 heavy (non-hydrogen) atoms. The summed E-state index contributed by atoms with van der Waals surface area (Å²) >= 11 is 0. The Labute approximate surface area is 113 Å². The Morgan fingerprint density at radius 2 is 2.05 bits per heavy atom. The Morgan fingerprint density at radius 3 is 2.60 bits per heavy atom. The molecule has 0 spiro atoms. The number of rotatable bonds is 6. The number of benzene rings is 1. The molecular formula is C12H12F3N3O2. The van der Waals surface area contributed by atoms with Gasteiger partial charge in [0.15, 0.2) is 0 Å². The molecule has 0 heterocycles. The summed E-state index contributed by atoms with van der Waals surface area (Å²) in [5.74, 6) is 0. The molecule has 8 heteroatoms. The van der Waals surface area contributed by atoms with E-state index in [4.69, 9.17) is 5.26 Å². The van der Waals surface area contributed by atoms with Crippen molar-refractivity contribution in [2.45, 2.75) is 25.4 Å². The Morgan fingerprint density at radius 1 is 1.35 bits per heavy atom. The van der Waals surface area contributed by atoms with Crippen molar-refractivity contribution in [3.05, 3.63) is 33.9 Å². The Hall–Kier alpha value is -2.30. The SMILES string of the molecule is N#Cc1ccc(NCCCCC(F)(F)F)cc1[N+](=O)[O-]. The van der Waals surface area contributed by atoms with Crippen LogP contribution in [0.2, 0.25) is 0 Å². The highest BCUT2D eigenvalue weighted by Gasteiger charge is 2.25. The normalized spacial score (nSPS) is 10.9. The minimum Gasteiger partial charge on any atom is -0.385 e. The fourth-order valence-corrected chi connectivity index (χ4v) is 1.57. The number of anilines is 1. The van der Waals surface area contributed by atoms with E-state index in [-0.39, 0.29) is 24.2 Å². The molecule has 0 aromatic heterocycles. The first-order valence-corrected chi connectivity index (χ1v) is 5.82. The first-order chi connectivity index (χ1) is 9.33. The van der Waals surface area contributed by atoms with Gasteiger partial charge in [-0.1, -0.05) is 0 Å². The smallest absolute Gasteiger partial charge is 0.385 e. The fraction of sp³-hybridized carbons (Fsp3) is 0.417. The molecule has 0 amide bonds. The first-order valence-electron chi connectivity index (χ1n) is 5.82. The lowest BCUT2D eigenvalue weighted by atomic mass is 10.1. The van der Waals surface area contributed by atoms with E-state index in [9.17, 15) is 23.3 Å². The van der Waals surface area contributed by atoms with E-state index in [2.05, 4.69) is 5.32 Å². The highest BCUT2D eigenvalue weighted by Crippen LogP contribution is 2.24. The number of nitrogens with one attached hydrogen (secondary N) is 1. The van der Waals surface area contributed by atoms with Crippen LogP contribution in [-0.4, -0.2) is 17.6 Å². The monoisotopic (exact) mass is 287 g/mol. The minimum atomic E-state index is -4.16. The molecular weight excluding hydrogens is 275 g/mol. The molecule has 5 nitrogen and oxygen atoms in total. The van der Waals surface area contributed by atoms with Crippen LogP contribution >= 0.6 is 0 Å². The molecule has 0 fully saturated rings. The topological polar surface area (TPSA) is 79.0 Å². The molecule has 0 atom stereocenters. The zero-order valence-electron chi connectivity index (χ0n) is 10.4. The van der Waals surface area contributed by atoms with E-state index in [1.807, 2.05) is 0 Å². The lowest BCUT2D eigenvalue weighted by molar-refractivity contribution is -0.385. The van der Waals surface area contributed by atoms with Gasteiger partial charge in [-0.2, -0.15) is 18.4 Å². The second kappa shape index (κ2) is 6.75. The molecule has 108 valence electrons. The van der Waals surface area contributed by atoms with Gasteiger partial charge in [-0.3, -0.25) is 10.1 Å². The maximum atomic E-state index is 11.9. The van der Waals surface area contributed by atoms with Gasteiger partial charge in [0.2, 0.25) is 0 Å². The zero-order chi connectivity index (χ0) is 15.2. The molecule has 0 saturated carbocycles.